The Bertz CT molecular complexity index is 795. The number of carboxylic acids is 1. The molecule has 4 heteroatoms. The first-order valence-electron chi connectivity index (χ1n) is 10.8. The minimum absolute atomic E-state index is 0.191. The maximum Gasteiger partial charge on any atom is 0.328 e. The van der Waals surface area contributed by atoms with Gasteiger partial charge in [0.1, 0.15) is 5.82 Å². The number of allylic oxidation sites excluding steroid dienone is 1. The largest absolute Gasteiger partial charge is 0.478 e. The first-order chi connectivity index (χ1) is 14.6. The fourth-order valence-corrected chi connectivity index (χ4v) is 3.18. The highest BCUT2D eigenvalue weighted by Crippen LogP contribution is 2.13. The van der Waals surface area contributed by atoms with E-state index in [9.17, 15) is 9.18 Å². The summed E-state index contributed by atoms with van der Waals surface area (Å²) in [7, 11) is 0. The number of halogens is 1. The second-order valence-electron chi connectivity index (χ2n) is 7.44. The van der Waals surface area contributed by atoms with Gasteiger partial charge in [-0.05, 0) is 60.7 Å². The van der Waals surface area contributed by atoms with Crippen molar-refractivity contribution in [2.24, 2.45) is 0 Å². The number of hydrogen-bond acceptors (Lipinski definition) is 2. The molecule has 0 aliphatic rings. The number of nitrogens with one attached hydrogen (secondary N) is 1. The smallest absolute Gasteiger partial charge is 0.328 e. The summed E-state index contributed by atoms with van der Waals surface area (Å²) < 4.78 is 12.8. The van der Waals surface area contributed by atoms with Crippen LogP contribution in [0.1, 0.15) is 62.5 Å². The number of carboxylic acid groups (broad SMARTS) is 1. The summed E-state index contributed by atoms with van der Waals surface area (Å²) in [6.07, 6.45) is 16.7. The molecule has 0 bridgehead atoms. The molecule has 0 aliphatic carbocycles. The van der Waals surface area contributed by atoms with Crippen molar-refractivity contribution in [1.29, 1.82) is 0 Å². The van der Waals surface area contributed by atoms with Crippen LogP contribution in [0.15, 0.2) is 60.7 Å². The molecule has 160 valence electrons. The van der Waals surface area contributed by atoms with Gasteiger partial charge >= 0.3 is 5.97 Å². The van der Waals surface area contributed by atoms with E-state index in [4.69, 9.17) is 5.11 Å². The van der Waals surface area contributed by atoms with Gasteiger partial charge in [-0.15, -0.1) is 0 Å². The quantitative estimate of drug-likeness (QED) is 0.257. The Hall–Kier alpha value is -2.88. The summed E-state index contributed by atoms with van der Waals surface area (Å²) >= 11 is 0. The molecule has 2 aromatic rings. The third-order valence-corrected chi connectivity index (χ3v) is 4.89. The second kappa shape index (κ2) is 14.2. The number of aliphatic carboxylic acids is 1. The molecule has 0 radical (unpaired) electrons. The van der Waals surface area contributed by atoms with E-state index in [2.05, 4.69) is 17.5 Å². The lowest BCUT2D eigenvalue weighted by Crippen LogP contribution is -2.01. The molecule has 0 aliphatic heterocycles. The van der Waals surface area contributed by atoms with Crippen LogP contribution in [0.25, 0.3) is 12.2 Å². The number of unbranched alkanes of at least 4 members (excludes halogenated alkanes) is 7. The van der Waals surface area contributed by atoms with Gasteiger partial charge in [-0.3, -0.25) is 0 Å². The highest BCUT2D eigenvalue weighted by Gasteiger charge is 1.95. The first-order valence-corrected chi connectivity index (χ1v) is 10.8. The second-order valence-corrected chi connectivity index (χ2v) is 7.44. The third-order valence-electron chi connectivity index (χ3n) is 4.89. The molecule has 2 aromatic carbocycles. The summed E-state index contributed by atoms with van der Waals surface area (Å²) in [6.45, 7) is 0.957. The molecular weight excluding hydrogens is 377 g/mol. The Morgan fingerprint density at radius 1 is 0.800 bits per heavy atom. The monoisotopic (exact) mass is 409 g/mol. The van der Waals surface area contributed by atoms with Gasteiger partial charge in [-0.1, -0.05) is 68.5 Å². The highest BCUT2D eigenvalue weighted by molar-refractivity contribution is 5.85. The van der Waals surface area contributed by atoms with E-state index in [-0.39, 0.29) is 5.82 Å². The van der Waals surface area contributed by atoms with Crippen LogP contribution in [0.2, 0.25) is 0 Å². The van der Waals surface area contributed by atoms with E-state index in [0.29, 0.717) is 0 Å². The van der Waals surface area contributed by atoms with Crippen LogP contribution in [0.4, 0.5) is 10.1 Å². The van der Waals surface area contributed by atoms with Crippen LogP contribution in [0.5, 0.6) is 0 Å². The van der Waals surface area contributed by atoms with E-state index >= 15 is 0 Å². The van der Waals surface area contributed by atoms with Crippen molar-refractivity contribution in [2.75, 3.05) is 11.9 Å². The normalized spacial score (nSPS) is 11.4. The Morgan fingerprint density at radius 3 is 2.03 bits per heavy atom. The van der Waals surface area contributed by atoms with Crippen molar-refractivity contribution in [2.45, 2.75) is 51.4 Å². The van der Waals surface area contributed by atoms with Gasteiger partial charge in [-0.2, -0.15) is 0 Å². The molecule has 0 unspecified atom stereocenters. The molecule has 0 saturated carbocycles. The lowest BCUT2D eigenvalue weighted by atomic mass is 10.1. The van der Waals surface area contributed by atoms with Crippen LogP contribution in [-0.2, 0) is 4.79 Å². The fourth-order valence-electron chi connectivity index (χ4n) is 3.18. The number of benzene rings is 2. The molecule has 3 nitrogen and oxygen atoms in total. The zero-order chi connectivity index (χ0) is 21.4. The van der Waals surface area contributed by atoms with Crippen LogP contribution in [0.3, 0.4) is 0 Å². The number of anilines is 1. The van der Waals surface area contributed by atoms with Crippen molar-refractivity contribution in [3.63, 3.8) is 0 Å². The van der Waals surface area contributed by atoms with E-state index in [1.807, 2.05) is 24.3 Å². The minimum atomic E-state index is -0.934. The molecule has 0 amide bonds. The maximum atomic E-state index is 12.8. The van der Waals surface area contributed by atoms with E-state index in [1.54, 1.807) is 18.2 Å². The molecule has 30 heavy (non-hydrogen) atoms. The van der Waals surface area contributed by atoms with Crippen LogP contribution in [-0.4, -0.2) is 17.6 Å². The van der Waals surface area contributed by atoms with Gasteiger partial charge in [0.2, 0.25) is 0 Å². The van der Waals surface area contributed by atoms with Gasteiger partial charge in [-0.25, -0.2) is 9.18 Å². The Labute approximate surface area is 179 Å². The maximum absolute atomic E-state index is 12.8. The van der Waals surface area contributed by atoms with E-state index in [0.717, 1.165) is 42.3 Å². The molecule has 0 atom stereocenters. The fraction of sp³-hybridized carbons (Fsp3) is 0.346. The van der Waals surface area contributed by atoms with Gasteiger partial charge in [0, 0.05) is 18.3 Å². The predicted molar refractivity (Wildman–Crippen MR) is 124 cm³/mol. The summed E-state index contributed by atoms with van der Waals surface area (Å²) in [5, 5.41) is 12.0. The number of rotatable bonds is 14. The molecule has 0 spiro atoms. The lowest BCUT2D eigenvalue weighted by Gasteiger charge is -2.06. The van der Waals surface area contributed by atoms with Crippen LogP contribution in [0, 0.1) is 5.82 Å². The average molecular weight is 410 g/mol. The molecule has 2 rings (SSSR count). The summed E-state index contributed by atoms with van der Waals surface area (Å²) in [6, 6.07) is 14.4. The molecule has 2 N–H and O–H groups in total. The van der Waals surface area contributed by atoms with Crippen molar-refractivity contribution < 1.29 is 14.3 Å². The Balaban J connectivity index is 1.43. The molecule has 0 aromatic heterocycles. The van der Waals surface area contributed by atoms with Crippen LogP contribution < -0.4 is 5.32 Å². The molecule has 0 fully saturated rings. The van der Waals surface area contributed by atoms with Crippen molar-refractivity contribution in [1.82, 2.24) is 0 Å². The molecule has 0 heterocycles. The topological polar surface area (TPSA) is 49.3 Å². The summed E-state index contributed by atoms with van der Waals surface area (Å²) in [5.74, 6) is -1.12. The van der Waals surface area contributed by atoms with Crippen molar-refractivity contribution in [3.05, 3.63) is 77.6 Å². The zero-order valence-electron chi connectivity index (χ0n) is 17.5. The average Bonchev–Trinajstić information content (AvgIpc) is 2.75. The standard InChI is InChI=1S/C26H32FNO2/c27-24-16-11-22(12-17-24)10-8-6-4-2-1-3-5-7-9-21-28-25-18-13-23(14-19-25)15-20-26(29)30/h8,10-20,28H,1-7,9,21H2,(H,29,30)/b10-8+,20-15+. The van der Waals surface area contributed by atoms with Gasteiger partial charge in [0.05, 0.1) is 0 Å². The Kier molecular flexibility index (Phi) is 11.0. The number of hydrogen-bond donors (Lipinski definition) is 2. The van der Waals surface area contributed by atoms with Crippen molar-refractivity contribution in [3.8, 4) is 0 Å². The van der Waals surface area contributed by atoms with Crippen molar-refractivity contribution >= 4 is 23.8 Å². The van der Waals surface area contributed by atoms with Crippen LogP contribution >= 0.6 is 0 Å². The van der Waals surface area contributed by atoms with E-state index in [1.165, 1.54) is 50.7 Å². The van der Waals surface area contributed by atoms with Gasteiger partial charge in [0.25, 0.3) is 0 Å². The summed E-state index contributed by atoms with van der Waals surface area (Å²) in [5.41, 5.74) is 3.00. The molecular formula is C26H32FNO2. The third kappa shape index (κ3) is 10.6. The number of carbonyl (C=O) groups is 1. The summed E-state index contributed by atoms with van der Waals surface area (Å²) in [4.78, 5) is 10.5. The SMILES string of the molecule is O=C(O)/C=C/c1ccc(NCCCCCCCCC/C=C/c2ccc(F)cc2)cc1. The van der Waals surface area contributed by atoms with Gasteiger partial charge in [0.15, 0.2) is 0 Å². The highest BCUT2D eigenvalue weighted by atomic mass is 19.1. The minimum Gasteiger partial charge on any atom is -0.478 e. The Morgan fingerprint density at radius 2 is 1.37 bits per heavy atom. The lowest BCUT2D eigenvalue weighted by molar-refractivity contribution is -0.131. The van der Waals surface area contributed by atoms with Gasteiger partial charge < -0.3 is 10.4 Å². The van der Waals surface area contributed by atoms with E-state index < -0.39 is 5.97 Å². The first kappa shape index (κ1) is 23.4. The zero-order valence-corrected chi connectivity index (χ0v) is 17.5. The molecule has 0 saturated heterocycles. The predicted octanol–water partition coefficient (Wildman–Crippen LogP) is 7.17.